The van der Waals surface area contributed by atoms with Crippen molar-refractivity contribution in [3.63, 3.8) is 0 Å². The molecule has 2 rings (SSSR count). The molecule has 0 amide bonds. The van der Waals surface area contributed by atoms with Crippen LogP contribution in [0.25, 0.3) is 0 Å². The van der Waals surface area contributed by atoms with E-state index in [2.05, 4.69) is 9.82 Å². The minimum absolute atomic E-state index is 0.00657. The zero-order valence-electron chi connectivity index (χ0n) is 11.4. The molecular weight excluding hydrogens is 317 g/mol. The largest absolute Gasteiger partial charge is 0.279 e. The number of hydrogen-bond donors (Lipinski definition) is 1. The molecule has 1 aromatic carbocycles. The summed E-state index contributed by atoms with van der Waals surface area (Å²) in [6.45, 7) is 2.37. The van der Waals surface area contributed by atoms with Gasteiger partial charge >= 0.3 is 0 Å². The number of aryl methyl sites for hydroxylation is 1. The van der Waals surface area contributed by atoms with Gasteiger partial charge < -0.3 is 0 Å². The number of anilines is 1. The first-order valence-electron chi connectivity index (χ1n) is 6.01. The topological polar surface area (TPSA) is 81.1 Å². The number of nitrogens with one attached hydrogen (secondary N) is 1. The normalized spacial score (nSPS) is 13.1. The third kappa shape index (κ3) is 3.48. The highest BCUT2D eigenvalue weighted by Crippen LogP contribution is 2.20. The average molecular weight is 331 g/mol. The summed E-state index contributed by atoms with van der Waals surface area (Å²) in [6.07, 6.45) is 3.95. The predicted octanol–water partition coefficient (Wildman–Crippen LogP) is 1.58. The highest BCUT2D eigenvalue weighted by Gasteiger charge is 2.17. The van der Waals surface area contributed by atoms with Gasteiger partial charge in [0, 0.05) is 19.0 Å². The van der Waals surface area contributed by atoms with Crippen molar-refractivity contribution in [1.29, 1.82) is 0 Å². The summed E-state index contributed by atoms with van der Waals surface area (Å²) in [5.41, 5.74) is 0.0611. The number of nitrogens with zero attached hydrogens (tertiary/aromatic N) is 2. The Bertz CT molecular complexity index is 787. The van der Waals surface area contributed by atoms with E-state index in [9.17, 15) is 17.0 Å². The van der Waals surface area contributed by atoms with Crippen molar-refractivity contribution < 1.29 is 17.0 Å². The molecule has 0 fully saturated rings. The first-order chi connectivity index (χ1) is 9.83. The molecule has 6 nitrogen and oxygen atoms in total. The zero-order chi connectivity index (χ0) is 15.6. The zero-order valence-corrected chi connectivity index (χ0v) is 13.0. The van der Waals surface area contributed by atoms with Crippen LogP contribution in [0.3, 0.4) is 0 Å². The van der Waals surface area contributed by atoms with Crippen LogP contribution in [0.2, 0.25) is 0 Å². The third-order valence-corrected chi connectivity index (χ3v) is 5.02. The van der Waals surface area contributed by atoms with Crippen molar-refractivity contribution in [3.8, 4) is 0 Å². The molecule has 9 heteroatoms. The van der Waals surface area contributed by atoms with Crippen LogP contribution in [0.15, 0.2) is 40.4 Å². The highest BCUT2D eigenvalue weighted by atomic mass is 32.2. The number of hydrogen-bond acceptors (Lipinski definition) is 4. The van der Waals surface area contributed by atoms with E-state index in [1.807, 2.05) is 6.92 Å². The fraction of sp³-hybridized carbons (Fsp3) is 0.250. The maximum Gasteiger partial charge on any atom is 0.265 e. The summed E-state index contributed by atoms with van der Waals surface area (Å²) < 4.78 is 52.9. The quantitative estimate of drug-likeness (QED) is 0.902. The van der Waals surface area contributed by atoms with E-state index < -0.39 is 26.6 Å². The van der Waals surface area contributed by atoms with Crippen LogP contribution < -0.4 is 4.72 Å². The Kier molecular flexibility index (Phi) is 4.43. The molecule has 2 aromatic rings. The minimum Gasteiger partial charge on any atom is -0.279 e. The van der Waals surface area contributed by atoms with Gasteiger partial charge in [0.2, 0.25) is 0 Å². The number of rotatable bonds is 5. The maximum atomic E-state index is 13.7. The standard InChI is InChI=1S/C12H14FN3O3S2/c1-3-16-8-10(7-14-16)21(18,19)15-9-4-5-12(20(2)17)11(13)6-9/h4-8,15H,3H2,1-2H3. The smallest absolute Gasteiger partial charge is 0.265 e. The van der Waals surface area contributed by atoms with E-state index in [1.54, 1.807) is 0 Å². The van der Waals surface area contributed by atoms with Crippen LogP contribution in [0.4, 0.5) is 10.1 Å². The average Bonchev–Trinajstić information content (AvgIpc) is 2.87. The molecule has 0 saturated carbocycles. The van der Waals surface area contributed by atoms with E-state index in [4.69, 9.17) is 0 Å². The Morgan fingerprint density at radius 1 is 1.43 bits per heavy atom. The molecular formula is C12H14FN3O3S2. The minimum atomic E-state index is -3.83. The van der Waals surface area contributed by atoms with Gasteiger partial charge in [-0.1, -0.05) is 0 Å². The van der Waals surface area contributed by atoms with E-state index in [-0.39, 0.29) is 15.5 Å². The fourth-order valence-corrected chi connectivity index (χ4v) is 3.26. The van der Waals surface area contributed by atoms with E-state index in [0.29, 0.717) is 6.54 Å². The van der Waals surface area contributed by atoms with Crippen molar-refractivity contribution in [1.82, 2.24) is 9.78 Å². The monoisotopic (exact) mass is 331 g/mol. The van der Waals surface area contributed by atoms with Gasteiger partial charge in [0.25, 0.3) is 10.0 Å². The lowest BCUT2D eigenvalue weighted by atomic mass is 10.3. The van der Waals surface area contributed by atoms with Crippen molar-refractivity contribution in [2.45, 2.75) is 23.3 Å². The first-order valence-corrected chi connectivity index (χ1v) is 9.06. The Balaban J connectivity index is 2.28. The molecule has 0 radical (unpaired) electrons. The lowest BCUT2D eigenvalue weighted by Crippen LogP contribution is -2.12. The lowest BCUT2D eigenvalue weighted by molar-refractivity contribution is 0.596. The van der Waals surface area contributed by atoms with Crippen LogP contribution >= 0.6 is 0 Å². The summed E-state index contributed by atoms with van der Waals surface area (Å²) >= 11 is 0. The molecule has 1 unspecified atom stereocenters. The van der Waals surface area contributed by atoms with Gasteiger partial charge in [-0.3, -0.25) is 13.6 Å². The van der Waals surface area contributed by atoms with E-state index in [0.717, 1.165) is 6.07 Å². The van der Waals surface area contributed by atoms with Crippen molar-refractivity contribution >= 4 is 26.5 Å². The molecule has 0 saturated heterocycles. The van der Waals surface area contributed by atoms with Gasteiger partial charge in [0.1, 0.15) is 10.7 Å². The maximum absolute atomic E-state index is 13.7. The van der Waals surface area contributed by atoms with Crippen LogP contribution in [-0.4, -0.2) is 28.7 Å². The second-order valence-corrected chi connectivity index (χ2v) is 7.27. The van der Waals surface area contributed by atoms with Crippen molar-refractivity contribution in [3.05, 3.63) is 36.4 Å². The summed E-state index contributed by atoms with van der Waals surface area (Å²) in [5, 5.41) is 3.88. The van der Waals surface area contributed by atoms with Gasteiger partial charge in [0.15, 0.2) is 0 Å². The summed E-state index contributed by atoms with van der Waals surface area (Å²) in [5.74, 6) is -0.722. The molecule has 0 aliphatic rings. The predicted molar refractivity (Wildman–Crippen MR) is 77.4 cm³/mol. The van der Waals surface area contributed by atoms with Gasteiger partial charge in [0.05, 0.1) is 27.6 Å². The second kappa shape index (κ2) is 5.94. The van der Waals surface area contributed by atoms with Crippen molar-refractivity contribution in [2.24, 2.45) is 0 Å². The third-order valence-electron chi connectivity index (χ3n) is 2.74. The van der Waals surface area contributed by atoms with Crippen LogP contribution in [0.5, 0.6) is 0 Å². The summed E-state index contributed by atoms with van der Waals surface area (Å²) in [6, 6.07) is 3.65. The highest BCUT2D eigenvalue weighted by molar-refractivity contribution is 7.92. The number of benzene rings is 1. The van der Waals surface area contributed by atoms with E-state index >= 15 is 0 Å². The number of sulfonamides is 1. The van der Waals surface area contributed by atoms with Crippen LogP contribution in [-0.2, 0) is 27.4 Å². The van der Waals surface area contributed by atoms with Crippen molar-refractivity contribution in [2.75, 3.05) is 11.0 Å². The molecule has 1 atom stereocenters. The fourth-order valence-electron chi connectivity index (χ4n) is 1.67. The molecule has 0 bridgehead atoms. The Hall–Kier alpha value is -1.74. The van der Waals surface area contributed by atoms with E-state index in [1.165, 1.54) is 35.5 Å². The Morgan fingerprint density at radius 3 is 2.67 bits per heavy atom. The second-order valence-electron chi connectivity index (χ2n) is 4.24. The van der Waals surface area contributed by atoms with Gasteiger partial charge in [-0.2, -0.15) is 5.10 Å². The lowest BCUT2D eigenvalue weighted by Gasteiger charge is -2.07. The molecule has 114 valence electrons. The molecule has 1 N–H and O–H groups in total. The van der Waals surface area contributed by atoms with Gasteiger partial charge in [-0.15, -0.1) is 0 Å². The van der Waals surface area contributed by atoms with Gasteiger partial charge in [-0.05, 0) is 25.1 Å². The molecule has 0 aliphatic heterocycles. The Labute approximate surface area is 124 Å². The SMILES string of the molecule is CCn1cc(S(=O)(=O)Nc2ccc(S(C)=O)c(F)c2)cn1. The number of halogens is 1. The van der Waals surface area contributed by atoms with Crippen LogP contribution in [0, 0.1) is 5.82 Å². The molecule has 21 heavy (non-hydrogen) atoms. The van der Waals surface area contributed by atoms with Crippen LogP contribution in [0.1, 0.15) is 6.92 Å². The molecule has 0 aliphatic carbocycles. The summed E-state index contributed by atoms with van der Waals surface area (Å²) in [4.78, 5) is 0.0182. The summed E-state index contributed by atoms with van der Waals surface area (Å²) in [7, 11) is -5.30. The number of aromatic nitrogens is 2. The molecule has 1 aromatic heterocycles. The first kappa shape index (κ1) is 15.6. The van der Waals surface area contributed by atoms with Gasteiger partial charge in [-0.25, -0.2) is 12.8 Å². The Morgan fingerprint density at radius 2 is 2.14 bits per heavy atom. The molecule has 1 heterocycles. The molecule has 0 spiro atoms.